The Balaban J connectivity index is 1.97. The minimum atomic E-state index is -1.43. The van der Waals surface area contributed by atoms with Crippen molar-refractivity contribution in [1.29, 1.82) is 0 Å². The summed E-state index contributed by atoms with van der Waals surface area (Å²) in [6, 6.07) is 5.78. The van der Waals surface area contributed by atoms with E-state index in [1.807, 2.05) is 0 Å². The van der Waals surface area contributed by atoms with Gasteiger partial charge in [-0.15, -0.1) is 11.3 Å². The van der Waals surface area contributed by atoms with E-state index >= 15 is 0 Å². The van der Waals surface area contributed by atoms with Gasteiger partial charge in [-0.3, -0.25) is 9.59 Å². The molecule has 2 amide bonds. The van der Waals surface area contributed by atoms with E-state index in [-0.39, 0.29) is 11.1 Å². The number of aromatic carboxylic acids is 1. The van der Waals surface area contributed by atoms with Crippen molar-refractivity contribution in [3.8, 4) is 0 Å². The molecule has 7 heteroatoms. The zero-order valence-corrected chi connectivity index (χ0v) is 13.6. The zero-order valence-electron chi connectivity index (χ0n) is 12.8. The number of amides is 2. The molecular formula is C17H15N2O4S-. The van der Waals surface area contributed by atoms with E-state index in [2.05, 4.69) is 5.32 Å². The third kappa shape index (κ3) is 2.90. The Morgan fingerprint density at radius 3 is 2.42 bits per heavy atom. The van der Waals surface area contributed by atoms with Gasteiger partial charge in [0.15, 0.2) is 0 Å². The number of hydrogen-bond acceptors (Lipinski definition) is 5. The second kappa shape index (κ2) is 6.45. The number of thiophene rings is 1. The fourth-order valence-corrected chi connectivity index (χ4v) is 4.23. The predicted molar refractivity (Wildman–Crippen MR) is 88.2 cm³/mol. The second-order valence-electron chi connectivity index (χ2n) is 5.57. The summed E-state index contributed by atoms with van der Waals surface area (Å²) < 4.78 is 0. The lowest BCUT2D eigenvalue weighted by Crippen LogP contribution is -2.26. The highest BCUT2D eigenvalue weighted by Crippen LogP contribution is 2.38. The smallest absolute Gasteiger partial charge is 0.256 e. The summed E-state index contributed by atoms with van der Waals surface area (Å²) in [6.45, 7) is 0. The number of fused-ring (bicyclic) bond motifs is 1. The molecular weight excluding hydrogens is 328 g/mol. The molecule has 1 aliphatic carbocycles. The van der Waals surface area contributed by atoms with E-state index in [1.165, 1.54) is 29.5 Å². The number of carbonyl (C=O) groups excluding carboxylic acids is 3. The van der Waals surface area contributed by atoms with Gasteiger partial charge in [0.2, 0.25) is 0 Å². The van der Waals surface area contributed by atoms with Crippen molar-refractivity contribution in [3.63, 3.8) is 0 Å². The predicted octanol–water partition coefficient (Wildman–Crippen LogP) is 1.34. The SMILES string of the molecule is NC(=O)c1c(NC(=O)c2ccccc2C(=O)[O-])sc2c1CCCC2. The maximum atomic E-state index is 12.5. The molecule has 0 aliphatic heterocycles. The molecule has 2 aromatic rings. The molecule has 0 unspecified atom stereocenters. The molecule has 1 aliphatic rings. The van der Waals surface area contributed by atoms with Crippen LogP contribution in [0, 0.1) is 0 Å². The Morgan fingerprint density at radius 2 is 1.75 bits per heavy atom. The number of nitrogens with one attached hydrogen (secondary N) is 1. The molecule has 0 radical (unpaired) electrons. The van der Waals surface area contributed by atoms with E-state index in [1.54, 1.807) is 6.07 Å². The van der Waals surface area contributed by atoms with Gasteiger partial charge in [0, 0.05) is 16.0 Å². The number of primary amides is 1. The van der Waals surface area contributed by atoms with Crippen molar-refractivity contribution in [2.75, 3.05) is 5.32 Å². The Kier molecular flexibility index (Phi) is 4.35. The first-order valence-corrected chi connectivity index (χ1v) is 8.36. The summed E-state index contributed by atoms with van der Waals surface area (Å²) in [5.74, 6) is -2.62. The van der Waals surface area contributed by atoms with Gasteiger partial charge in [-0.25, -0.2) is 0 Å². The number of nitrogens with two attached hydrogens (primary N) is 1. The van der Waals surface area contributed by atoms with Gasteiger partial charge in [0.05, 0.1) is 11.5 Å². The van der Waals surface area contributed by atoms with Crippen LogP contribution in [0.1, 0.15) is 54.4 Å². The standard InChI is InChI=1S/C17H16N2O4S/c18-14(20)13-11-7-3-4-8-12(11)24-16(13)19-15(21)9-5-1-2-6-10(9)17(22)23/h1-2,5-6H,3-4,7-8H2,(H2,18,20)(H,19,21)(H,22,23)/p-1. The Bertz CT molecular complexity index is 841. The molecule has 6 nitrogen and oxygen atoms in total. The van der Waals surface area contributed by atoms with Crippen molar-refractivity contribution < 1.29 is 19.5 Å². The molecule has 1 aromatic heterocycles. The largest absolute Gasteiger partial charge is 0.545 e. The summed E-state index contributed by atoms with van der Waals surface area (Å²) in [4.78, 5) is 36.5. The van der Waals surface area contributed by atoms with Crippen LogP contribution in [0.3, 0.4) is 0 Å². The van der Waals surface area contributed by atoms with Crippen molar-refractivity contribution in [2.24, 2.45) is 5.73 Å². The molecule has 0 saturated heterocycles. The van der Waals surface area contributed by atoms with E-state index < -0.39 is 17.8 Å². The van der Waals surface area contributed by atoms with Crippen LogP contribution in [0.4, 0.5) is 5.00 Å². The fraction of sp³-hybridized carbons (Fsp3) is 0.235. The molecule has 0 saturated carbocycles. The Morgan fingerprint density at radius 1 is 1.08 bits per heavy atom. The molecule has 0 spiro atoms. The topological polar surface area (TPSA) is 112 Å². The zero-order chi connectivity index (χ0) is 17.3. The first-order chi connectivity index (χ1) is 11.5. The summed E-state index contributed by atoms with van der Waals surface area (Å²) in [5, 5.41) is 14.2. The molecule has 3 N–H and O–H groups in total. The van der Waals surface area contributed by atoms with Crippen LogP contribution in [0.25, 0.3) is 0 Å². The number of carbonyl (C=O) groups is 3. The van der Waals surface area contributed by atoms with Crippen LogP contribution in [0.2, 0.25) is 0 Å². The Hall–Kier alpha value is -2.67. The van der Waals surface area contributed by atoms with Gasteiger partial charge in [0.1, 0.15) is 5.00 Å². The van der Waals surface area contributed by atoms with Crippen LogP contribution in [-0.4, -0.2) is 17.8 Å². The maximum absolute atomic E-state index is 12.5. The number of carboxylic acids is 1. The highest BCUT2D eigenvalue weighted by molar-refractivity contribution is 7.17. The first kappa shape index (κ1) is 16.2. The van der Waals surface area contributed by atoms with Crippen LogP contribution in [0.5, 0.6) is 0 Å². The Labute approximate surface area is 142 Å². The fourth-order valence-electron chi connectivity index (χ4n) is 2.94. The van der Waals surface area contributed by atoms with Gasteiger partial charge in [0.25, 0.3) is 11.8 Å². The van der Waals surface area contributed by atoms with E-state index in [4.69, 9.17) is 5.73 Å². The quantitative estimate of drug-likeness (QED) is 0.872. The molecule has 0 atom stereocenters. The highest BCUT2D eigenvalue weighted by atomic mass is 32.1. The normalized spacial score (nSPS) is 13.2. The van der Waals surface area contributed by atoms with Crippen molar-refractivity contribution in [3.05, 3.63) is 51.4 Å². The second-order valence-corrected chi connectivity index (χ2v) is 6.67. The number of rotatable bonds is 4. The van der Waals surface area contributed by atoms with Crippen LogP contribution >= 0.6 is 11.3 Å². The van der Waals surface area contributed by atoms with Crippen molar-refractivity contribution in [1.82, 2.24) is 0 Å². The van der Waals surface area contributed by atoms with E-state index in [0.29, 0.717) is 10.6 Å². The first-order valence-electron chi connectivity index (χ1n) is 7.55. The number of carboxylic acid groups (broad SMARTS) is 1. The lowest BCUT2D eigenvalue weighted by molar-refractivity contribution is -0.255. The van der Waals surface area contributed by atoms with E-state index in [0.717, 1.165) is 36.1 Å². The number of hydrogen-bond donors (Lipinski definition) is 2. The lowest BCUT2D eigenvalue weighted by atomic mass is 9.95. The number of anilines is 1. The summed E-state index contributed by atoms with van der Waals surface area (Å²) in [7, 11) is 0. The van der Waals surface area contributed by atoms with Gasteiger partial charge >= 0.3 is 0 Å². The minimum absolute atomic E-state index is 0.0145. The van der Waals surface area contributed by atoms with Gasteiger partial charge in [-0.2, -0.15) is 0 Å². The summed E-state index contributed by atoms with van der Waals surface area (Å²) in [5.41, 5.74) is 6.52. The van der Waals surface area contributed by atoms with Crippen LogP contribution < -0.4 is 16.2 Å². The highest BCUT2D eigenvalue weighted by Gasteiger charge is 2.25. The van der Waals surface area contributed by atoms with Crippen LogP contribution in [-0.2, 0) is 12.8 Å². The monoisotopic (exact) mass is 343 g/mol. The third-order valence-corrected chi connectivity index (χ3v) is 5.24. The third-order valence-electron chi connectivity index (χ3n) is 4.04. The van der Waals surface area contributed by atoms with Gasteiger partial charge in [-0.05, 0) is 37.3 Å². The number of benzene rings is 1. The molecule has 1 aromatic carbocycles. The molecule has 0 fully saturated rings. The van der Waals surface area contributed by atoms with Gasteiger partial charge < -0.3 is 21.0 Å². The van der Waals surface area contributed by atoms with Gasteiger partial charge in [-0.1, -0.05) is 18.2 Å². The minimum Gasteiger partial charge on any atom is -0.545 e. The molecule has 1 heterocycles. The average molecular weight is 343 g/mol. The lowest BCUT2D eigenvalue weighted by Gasteiger charge is -2.12. The molecule has 0 bridgehead atoms. The van der Waals surface area contributed by atoms with E-state index in [9.17, 15) is 19.5 Å². The summed E-state index contributed by atoms with van der Waals surface area (Å²) >= 11 is 1.33. The van der Waals surface area contributed by atoms with Crippen LogP contribution in [0.15, 0.2) is 24.3 Å². The molecule has 124 valence electrons. The molecule has 3 rings (SSSR count). The summed E-state index contributed by atoms with van der Waals surface area (Å²) in [6.07, 6.45) is 3.62. The molecule has 24 heavy (non-hydrogen) atoms. The maximum Gasteiger partial charge on any atom is 0.256 e. The average Bonchev–Trinajstić information content (AvgIpc) is 2.92. The number of aryl methyl sites for hydroxylation is 1. The van der Waals surface area contributed by atoms with Crippen molar-refractivity contribution >= 4 is 34.1 Å². The van der Waals surface area contributed by atoms with Crippen molar-refractivity contribution in [2.45, 2.75) is 25.7 Å².